The molecule has 2 rings (SSSR count). The lowest BCUT2D eigenvalue weighted by Crippen LogP contribution is -2.31. The quantitative estimate of drug-likeness (QED) is 0.736. The van der Waals surface area contributed by atoms with Gasteiger partial charge >= 0.3 is 6.03 Å². The predicted octanol–water partition coefficient (Wildman–Crippen LogP) is 1.17. The highest BCUT2D eigenvalue weighted by Crippen LogP contribution is 2.13. The molecule has 5 nitrogen and oxygen atoms in total. The second kappa shape index (κ2) is 3.69. The van der Waals surface area contributed by atoms with Gasteiger partial charge in [-0.15, -0.1) is 5.10 Å². The van der Waals surface area contributed by atoms with Crippen LogP contribution in [0.25, 0.3) is 0 Å². The third-order valence-electron chi connectivity index (χ3n) is 1.98. The van der Waals surface area contributed by atoms with E-state index in [0.29, 0.717) is 5.00 Å². The molecule has 2 heterocycles. The first-order chi connectivity index (χ1) is 6.36. The summed E-state index contributed by atoms with van der Waals surface area (Å²) in [5.41, 5.74) is 0. The monoisotopic (exact) mass is 198 g/mol. The van der Waals surface area contributed by atoms with E-state index in [4.69, 9.17) is 0 Å². The highest BCUT2D eigenvalue weighted by atomic mass is 32.1. The summed E-state index contributed by atoms with van der Waals surface area (Å²) in [7, 11) is 0. The van der Waals surface area contributed by atoms with Crippen molar-refractivity contribution in [3.05, 3.63) is 6.20 Å². The van der Waals surface area contributed by atoms with Crippen molar-refractivity contribution in [1.29, 1.82) is 0 Å². The molecule has 0 spiro atoms. The molecule has 0 aliphatic carbocycles. The standard InChI is InChI=1S/C7H10N4OS/c12-7(11-3-1-2-4-11)9-6-5-8-10-13-6/h5H,1-4H2,(H,9,12). The van der Waals surface area contributed by atoms with Crippen molar-refractivity contribution in [1.82, 2.24) is 14.5 Å². The van der Waals surface area contributed by atoms with E-state index < -0.39 is 0 Å². The van der Waals surface area contributed by atoms with E-state index in [1.54, 1.807) is 11.1 Å². The Bertz CT molecular complexity index is 281. The third kappa shape index (κ3) is 1.95. The summed E-state index contributed by atoms with van der Waals surface area (Å²) >= 11 is 1.19. The molecule has 0 saturated carbocycles. The largest absolute Gasteiger partial charge is 0.325 e. The van der Waals surface area contributed by atoms with Crippen LogP contribution in [0.3, 0.4) is 0 Å². The topological polar surface area (TPSA) is 58.1 Å². The fourth-order valence-electron chi connectivity index (χ4n) is 1.33. The average molecular weight is 198 g/mol. The van der Waals surface area contributed by atoms with Gasteiger partial charge in [-0.05, 0) is 12.8 Å². The minimum absolute atomic E-state index is 0.0384. The van der Waals surface area contributed by atoms with E-state index in [2.05, 4.69) is 14.9 Å². The third-order valence-corrected chi connectivity index (χ3v) is 2.56. The summed E-state index contributed by atoms with van der Waals surface area (Å²) < 4.78 is 3.66. The fraction of sp³-hybridized carbons (Fsp3) is 0.571. The van der Waals surface area contributed by atoms with Crippen LogP contribution in [-0.2, 0) is 0 Å². The number of carbonyl (C=O) groups excluding carboxylic acids is 1. The van der Waals surface area contributed by atoms with Crippen molar-refractivity contribution in [2.45, 2.75) is 12.8 Å². The molecule has 0 atom stereocenters. The van der Waals surface area contributed by atoms with Gasteiger partial charge < -0.3 is 4.90 Å². The van der Waals surface area contributed by atoms with Gasteiger partial charge in [-0.1, -0.05) is 4.49 Å². The molecule has 70 valence electrons. The Balaban J connectivity index is 1.91. The first-order valence-corrected chi connectivity index (χ1v) is 4.97. The van der Waals surface area contributed by atoms with Crippen LogP contribution in [0, 0.1) is 0 Å². The molecule has 13 heavy (non-hydrogen) atoms. The molecule has 1 aliphatic heterocycles. The second-order valence-electron chi connectivity index (χ2n) is 2.91. The smallest absolute Gasteiger partial charge is 0.322 e. The molecule has 0 bridgehead atoms. The Hall–Kier alpha value is -1.17. The first kappa shape index (κ1) is 8.43. The van der Waals surface area contributed by atoms with Crippen molar-refractivity contribution in [2.24, 2.45) is 0 Å². The summed E-state index contributed by atoms with van der Waals surface area (Å²) in [5, 5.41) is 7.09. The van der Waals surface area contributed by atoms with E-state index in [-0.39, 0.29) is 6.03 Å². The van der Waals surface area contributed by atoms with Crippen molar-refractivity contribution in [3.8, 4) is 0 Å². The van der Waals surface area contributed by atoms with Gasteiger partial charge in [0.1, 0.15) is 5.00 Å². The Morgan fingerprint density at radius 1 is 1.54 bits per heavy atom. The number of nitrogens with one attached hydrogen (secondary N) is 1. The molecule has 1 fully saturated rings. The summed E-state index contributed by atoms with van der Waals surface area (Å²) in [6.07, 6.45) is 3.77. The van der Waals surface area contributed by atoms with Gasteiger partial charge in [0.15, 0.2) is 0 Å². The number of hydrogen-bond acceptors (Lipinski definition) is 4. The number of anilines is 1. The molecule has 2 amide bonds. The van der Waals surface area contributed by atoms with Crippen LogP contribution in [0.4, 0.5) is 9.80 Å². The molecule has 0 unspecified atom stereocenters. The minimum Gasteiger partial charge on any atom is -0.325 e. The maximum atomic E-state index is 11.5. The molecule has 0 aromatic carbocycles. The van der Waals surface area contributed by atoms with E-state index in [1.165, 1.54) is 11.5 Å². The molecule has 1 aromatic rings. The maximum Gasteiger partial charge on any atom is 0.322 e. The highest BCUT2D eigenvalue weighted by Gasteiger charge is 2.17. The molecule has 0 radical (unpaired) electrons. The first-order valence-electron chi connectivity index (χ1n) is 4.19. The van der Waals surface area contributed by atoms with Gasteiger partial charge in [0.25, 0.3) is 0 Å². The van der Waals surface area contributed by atoms with Gasteiger partial charge in [-0.2, -0.15) is 0 Å². The maximum absolute atomic E-state index is 11.5. The van der Waals surface area contributed by atoms with Crippen molar-refractivity contribution in [2.75, 3.05) is 18.4 Å². The summed E-state index contributed by atoms with van der Waals surface area (Å²) in [4.78, 5) is 13.3. The summed E-state index contributed by atoms with van der Waals surface area (Å²) in [5.74, 6) is 0. The van der Waals surface area contributed by atoms with Crippen LogP contribution >= 0.6 is 11.5 Å². The molecular formula is C7H10N4OS. The average Bonchev–Trinajstić information content (AvgIpc) is 2.74. The van der Waals surface area contributed by atoms with Gasteiger partial charge in [0.2, 0.25) is 0 Å². The van der Waals surface area contributed by atoms with Crippen LogP contribution in [0.1, 0.15) is 12.8 Å². The molecule has 1 aliphatic rings. The van der Waals surface area contributed by atoms with Gasteiger partial charge in [0.05, 0.1) is 6.20 Å². The number of carbonyl (C=O) groups is 1. The number of amides is 2. The van der Waals surface area contributed by atoms with E-state index in [9.17, 15) is 4.79 Å². The van der Waals surface area contributed by atoms with Crippen molar-refractivity contribution >= 4 is 22.6 Å². The van der Waals surface area contributed by atoms with Crippen molar-refractivity contribution < 1.29 is 4.79 Å². The Kier molecular flexibility index (Phi) is 2.40. The number of rotatable bonds is 1. The van der Waals surface area contributed by atoms with E-state index in [0.717, 1.165) is 25.9 Å². The lowest BCUT2D eigenvalue weighted by atomic mass is 10.4. The second-order valence-corrected chi connectivity index (χ2v) is 3.69. The number of urea groups is 1. The lowest BCUT2D eigenvalue weighted by molar-refractivity contribution is 0.222. The fourth-order valence-corrected chi connectivity index (χ4v) is 1.74. The highest BCUT2D eigenvalue weighted by molar-refractivity contribution is 7.10. The summed E-state index contributed by atoms with van der Waals surface area (Å²) in [6.45, 7) is 1.72. The van der Waals surface area contributed by atoms with E-state index in [1.807, 2.05) is 0 Å². The van der Waals surface area contributed by atoms with Gasteiger partial charge in [-0.25, -0.2) is 4.79 Å². The minimum atomic E-state index is -0.0384. The van der Waals surface area contributed by atoms with Crippen LogP contribution in [0.5, 0.6) is 0 Å². The van der Waals surface area contributed by atoms with Crippen LogP contribution in [-0.4, -0.2) is 33.6 Å². The van der Waals surface area contributed by atoms with Crippen molar-refractivity contribution in [3.63, 3.8) is 0 Å². The predicted molar refractivity (Wildman–Crippen MR) is 49.7 cm³/mol. The van der Waals surface area contributed by atoms with E-state index >= 15 is 0 Å². The molecular weight excluding hydrogens is 188 g/mol. The zero-order valence-corrected chi connectivity index (χ0v) is 7.88. The number of nitrogens with zero attached hydrogens (tertiary/aromatic N) is 3. The normalized spacial score (nSPS) is 16.2. The summed E-state index contributed by atoms with van der Waals surface area (Å²) in [6, 6.07) is -0.0384. The molecule has 1 saturated heterocycles. The van der Waals surface area contributed by atoms with Gasteiger partial charge in [0, 0.05) is 24.6 Å². The van der Waals surface area contributed by atoms with Crippen LogP contribution in [0.2, 0.25) is 0 Å². The molecule has 6 heteroatoms. The zero-order chi connectivity index (χ0) is 9.10. The molecule has 1 aromatic heterocycles. The Morgan fingerprint density at radius 2 is 2.31 bits per heavy atom. The SMILES string of the molecule is O=C(Nc1cnns1)N1CCCC1. The van der Waals surface area contributed by atoms with Gasteiger partial charge in [-0.3, -0.25) is 5.32 Å². The Labute approximate surface area is 79.9 Å². The number of hydrogen-bond donors (Lipinski definition) is 1. The van der Waals surface area contributed by atoms with Crippen LogP contribution in [0.15, 0.2) is 6.20 Å². The molecule has 1 N–H and O–H groups in total. The number of aromatic nitrogens is 2. The number of likely N-dealkylation sites (tertiary alicyclic amines) is 1. The van der Waals surface area contributed by atoms with Crippen LogP contribution < -0.4 is 5.32 Å². The zero-order valence-electron chi connectivity index (χ0n) is 7.06. The Morgan fingerprint density at radius 3 is 2.92 bits per heavy atom. The lowest BCUT2D eigenvalue weighted by Gasteiger charge is -2.14.